The molecule has 0 atom stereocenters. The molecule has 1 aliphatic heterocycles. The molecule has 2 rings (SSSR count). The minimum absolute atomic E-state index is 0.224. The van der Waals surface area contributed by atoms with Crippen LogP contribution in [-0.4, -0.2) is 12.0 Å². The van der Waals surface area contributed by atoms with Crippen LogP contribution in [0.15, 0.2) is 47.3 Å². The largest absolute Gasteiger partial charge is 0.251 e. The number of allylic oxidation sites excluding steroid dienone is 3. The van der Waals surface area contributed by atoms with Crippen LogP contribution >= 0.6 is 11.5 Å². The summed E-state index contributed by atoms with van der Waals surface area (Å²) in [5.74, 6) is 3.58. The van der Waals surface area contributed by atoms with E-state index in [0.29, 0.717) is 17.3 Å². The fraction of sp³-hybridized carbons (Fsp3) is 0.500. The molecule has 1 aliphatic rings. The molecule has 0 radical (unpaired) electrons. The van der Waals surface area contributed by atoms with Gasteiger partial charge in [0.1, 0.15) is 0 Å². The van der Waals surface area contributed by atoms with Crippen LogP contribution in [0, 0.1) is 5.41 Å². The van der Waals surface area contributed by atoms with Crippen molar-refractivity contribution in [2.75, 3.05) is 0 Å². The molecule has 0 aliphatic carbocycles. The summed E-state index contributed by atoms with van der Waals surface area (Å²) in [5, 5.41) is 0.320. The van der Waals surface area contributed by atoms with E-state index in [1.54, 1.807) is 10.9 Å². The van der Waals surface area contributed by atoms with Crippen LogP contribution in [0.4, 0.5) is 0 Å². The monoisotopic (exact) mass is 378 g/mol. The molecule has 0 saturated carbocycles. The first-order valence-electron chi connectivity index (χ1n) is 10.4. The molecule has 1 aromatic rings. The van der Waals surface area contributed by atoms with E-state index in [1.807, 2.05) is 0 Å². The van der Waals surface area contributed by atoms with Gasteiger partial charge in [0, 0.05) is 0 Å². The molecule has 0 nitrogen and oxygen atoms in total. The van der Waals surface area contributed by atoms with E-state index in [0.717, 1.165) is 6.42 Å². The fourth-order valence-electron chi connectivity index (χ4n) is 3.65. The second-order valence-corrected chi connectivity index (χ2v) is 11.0. The first-order chi connectivity index (χ1) is 12.5. The molecular formula is C24H36B2S. The van der Waals surface area contributed by atoms with Gasteiger partial charge in [-0.3, -0.25) is 0 Å². The molecule has 0 N–H and O–H groups in total. The smallest absolute Gasteiger partial charge is 0.239 e. The average Bonchev–Trinajstić information content (AvgIpc) is 2.96. The molecule has 1 aromatic carbocycles. The molecule has 1 heterocycles. The van der Waals surface area contributed by atoms with Crippen LogP contribution in [0.2, 0.25) is 5.31 Å². The molecule has 0 aromatic heterocycles. The molecule has 0 amide bonds. The number of benzene rings is 1. The topological polar surface area (TPSA) is 0 Å². The van der Waals surface area contributed by atoms with Gasteiger partial charge in [-0.15, -0.1) is 0 Å². The quantitative estimate of drug-likeness (QED) is 0.468. The summed E-state index contributed by atoms with van der Waals surface area (Å²) >= 11 is 2.14. The first-order valence-corrected chi connectivity index (χ1v) is 11.3. The van der Waals surface area contributed by atoms with Gasteiger partial charge in [0.2, 0.25) is 5.99 Å². The third kappa shape index (κ3) is 6.21. The van der Waals surface area contributed by atoms with E-state index in [1.165, 1.54) is 17.5 Å². The first kappa shape index (κ1) is 22.2. The summed E-state index contributed by atoms with van der Waals surface area (Å²) in [6.07, 6.45) is 9.14. The van der Waals surface area contributed by atoms with Crippen molar-refractivity contribution in [1.82, 2.24) is 0 Å². The van der Waals surface area contributed by atoms with E-state index in [4.69, 9.17) is 0 Å². The molecule has 0 bridgehead atoms. The Bertz CT molecular complexity index is 712. The Morgan fingerprint density at radius 3 is 1.78 bits per heavy atom. The molecule has 0 unspecified atom stereocenters. The van der Waals surface area contributed by atoms with Crippen LogP contribution < -0.4 is 0 Å². The summed E-state index contributed by atoms with van der Waals surface area (Å²) in [6, 6.07) is 8.90. The maximum absolute atomic E-state index is 2.42. The predicted octanol–water partition coefficient (Wildman–Crippen LogP) is 8.02. The standard InChI is InChI=1S/C24H36B2S/c1-9-21-22(10-2)26(24(6,7)8)27-25(21)18-16-20-13-11-19(12-14-20)15-17-23(3,4)5/h11-18H,9-10H2,1-8H3. The van der Waals surface area contributed by atoms with Gasteiger partial charge >= 0.3 is 0 Å². The number of hydrogen-bond acceptors (Lipinski definition) is 1. The number of hydrogen-bond donors (Lipinski definition) is 0. The summed E-state index contributed by atoms with van der Waals surface area (Å²) < 4.78 is 0. The van der Waals surface area contributed by atoms with Gasteiger partial charge in [0.25, 0.3) is 5.99 Å². The second kappa shape index (κ2) is 8.95. The highest BCUT2D eigenvalue weighted by molar-refractivity contribution is 8.47. The van der Waals surface area contributed by atoms with E-state index >= 15 is 0 Å². The Morgan fingerprint density at radius 1 is 0.815 bits per heavy atom. The maximum Gasteiger partial charge on any atom is 0.251 e. The highest BCUT2D eigenvalue weighted by Crippen LogP contribution is 2.48. The maximum atomic E-state index is 2.42. The van der Waals surface area contributed by atoms with Crippen LogP contribution in [-0.2, 0) is 0 Å². The normalized spacial score (nSPS) is 16.4. The van der Waals surface area contributed by atoms with Crippen molar-refractivity contribution in [3.8, 4) is 0 Å². The molecule has 0 spiro atoms. The van der Waals surface area contributed by atoms with Gasteiger partial charge in [-0.2, -0.15) is 0 Å². The Labute approximate surface area is 172 Å². The van der Waals surface area contributed by atoms with Gasteiger partial charge < -0.3 is 0 Å². The van der Waals surface area contributed by atoms with Crippen molar-refractivity contribution in [3.05, 3.63) is 58.4 Å². The van der Waals surface area contributed by atoms with Gasteiger partial charge in [-0.25, -0.2) is 11.5 Å². The lowest BCUT2D eigenvalue weighted by molar-refractivity contribution is 0.547. The van der Waals surface area contributed by atoms with Gasteiger partial charge in [0.05, 0.1) is 0 Å². The molecule has 27 heavy (non-hydrogen) atoms. The highest BCUT2D eigenvalue weighted by atomic mass is 32.2. The second-order valence-electron chi connectivity index (χ2n) is 9.79. The summed E-state index contributed by atoms with van der Waals surface area (Å²) in [5.41, 5.74) is 6.13. The predicted molar refractivity (Wildman–Crippen MR) is 130 cm³/mol. The van der Waals surface area contributed by atoms with E-state index in [2.05, 4.69) is 115 Å². The van der Waals surface area contributed by atoms with Crippen molar-refractivity contribution in [3.63, 3.8) is 0 Å². The van der Waals surface area contributed by atoms with Crippen LogP contribution in [0.3, 0.4) is 0 Å². The van der Waals surface area contributed by atoms with Crippen LogP contribution in [0.1, 0.15) is 79.4 Å². The lowest BCUT2D eigenvalue weighted by atomic mass is 9.45. The minimum Gasteiger partial charge on any atom is -0.239 e. The molecule has 144 valence electrons. The summed E-state index contributed by atoms with van der Waals surface area (Å²) in [4.78, 5) is 0. The lowest BCUT2D eigenvalue weighted by Crippen LogP contribution is -2.23. The number of rotatable bonds is 5. The van der Waals surface area contributed by atoms with E-state index in [-0.39, 0.29) is 5.41 Å². The Kier molecular flexibility index (Phi) is 7.36. The third-order valence-electron chi connectivity index (χ3n) is 5.08. The average molecular weight is 378 g/mol. The van der Waals surface area contributed by atoms with Crippen molar-refractivity contribution < 1.29 is 0 Å². The van der Waals surface area contributed by atoms with Crippen molar-refractivity contribution in [2.45, 2.75) is 73.5 Å². The van der Waals surface area contributed by atoms with Crippen LogP contribution in [0.25, 0.3) is 12.2 Å². The Hall–Kier alpha value is -1.08. The third-order valence-corrected chi connectivity index (χ3v) is 7.08. The van der Waals surface area contributed by atoms with Gasteiger partial charge in [-0.1, -0.05) is 115 Å². The molecule has 0 fully saturated rings. The zero-order valence-electron chi connectivity index (χ0n) is 18.6. The zero-order chi connectivity index (χ0) is 20.2. The molecular weight excluding hydrogens is 342 g/mol. The SMILES string of the molecule is CCC1=C(CC)B(C(C)(C)C)SB1C=Cc1ccc(C=CC(C)(C)C)cc1. The molecule has 0 saturated heterocycles. The van der Waals surface area contributed by atoms with Gasteiger partial charge in [0.15, 0.2) is 0 Å². The minimum atomic E-state index is 0.224. The Balaban J connectivity index is 2.15. The summed E-state index contributed by atoms with van der Waals surface area (Å²) in [7, 11) is 0. The van der Waals surface area contributed by atoms with Crippen LogP contribution in [0.5, 0.6) is 0 Å². The lowest BCUT2D eigenvalue weighted by Gasteiger charge is -2.26. The molecule has 3 heteroatoms. The van der Waals surface area contributed by atoms with Crippen molar-refractivity contribution in [2.24, 2.45) is 5.41 Å². The van der Waals surface area contributed by atoms with Crippen molar-refractivity contribution in [1.29, 1.82) is 0 Å². The van der Waals surface area contributed by atoms with E-state index < -0.39 is 0 Å². The van der Waals surface area contributed by atoms with Gasteiger partial charge in [-0.05, 0) is 34.7 Å². The summed E-state index contributed by atoms with van der Waals surface area (Å²) in [6.45, 7) is 18.5. The fourth-order valence-corrected chi connectivity index (χ4v) is 5.49. The van der Waals surface area contributed by atoms with E-state index in [9.17, 15) is 0 Å². The highest BCUT2D eigenvalue weighted by Gasteiger charge is 2.42. The zero-order valence-corrected chi connectivity index (χ0v) is 19.4. The Morgan fingerprint density at radius 2 is 1.33 bits per heavy atom. The van der Waals surface area contributed by atoms with Crippen molar-refractivity contribution >= 4 is 35.6 Å².